The number of aliphatic hydroxyl groups is 1. The standard InChI is InChI=1S/C16H19NO/c1-13(14-8-4-2-5-9-14)17-12-16(18)15-10-6-3-7-11-15/h2-11,13,16-18H,12H2,1H3/t13-,16?/m1/s1. The largest absolute Gasteiger partial charge is 0.387 e. The highest BCUT2D eigenvalue weighted by molar-refractivity contribution is 5.19. The van der Waals surface area contributed by atoms with Gasteiger partial charge in [0.2, 0.25) is 0 Å². The molecule has 2 aromatic rings. The zero-order valence-electron chi connectivity index (χ0n) is 10.6. The Morgan fingerprint density at radius 2 is 1.39 bits per heavy atom. The summed E-state index contributed by atoms with van der Waals surface area (Å²) in [6.07, 6.45) is -0.461. The van der Waals surface area contributed by atoms with Crippen molar-refractivity contribution in [3.8, 4) is 0 Å². The van der Waals surface area contributed by atoms with Crippen LogP contribution in [-0.4, -0.2) is 11.7 Å². The molecule has 18 heavy (non-hydrogen) atoms. The first-order valence-electron chi connectivity index (χ1n) is 6.28. The minimum atomic E-state index is -0.461. The monoisotopic (exact) mass is 241 g/mol. The van der Waals surface area contributed by atoms with Crippen molar-refractivity contribution in [2.45, 2.75) is 19.1 Å². The predicted molar refractivity (Wildman–Crippen MR) is 74.3 cm³/mol. The van der Waals surface area contributed by atoms with Gasteiger partial charge in [0, 0.05) is 12.6 Å². The molecule has 0 spiro atoms. The Bertz CT molecular complexity index is 410. The normalized spacial score (nSPS) is 14.1. The lowest BCUT2D eigenvalue weighted by Gasteiger charge is -2.17. The average molecular weight is 241 g/mol. The van der Waals surface area contributed by atoms with E-state index in [1.165, 1.54) is 5.56 Å². The maximum absolute atomic E-state index is 10.1. The second-order valence-corrected chi connectivity index (χ2v) is 4.47. The van der Waals surface area contributed by atoms with Gasteiger partial charge in [-0.2, -0.15) is 0 Å². The number of benzene rings is 2. The number of aliphatic hydroxyl groups excluding tert-OH is 1. The van der Waals surface area contributed by atoms with Gasteiger partial charge in [-0.15, -0.1) is 0 Å². The Morgan fingerprint density at radius 1 is 0.889 bits per heavy atom. The summed E-state index contributed by atoms with van der Waals surface area (Å²) in [5.41, 5.74) is 2.18. The van der Waals surface area contributed by atoms with Crippen LogP contribution >= 0.6 is 0 Å². The third kappa shape index (κ3) is 3.42. The Hall–Kier alpha value is -1.64. The lowest BCUT2D eigenvalue weighted by molar-refractivity contribution is 0.171. The number of nitrogens with one attached hydrogen (secondary N) is 1. The fraction of sp³-hybridized carbons (Fsp3) is 0.250. The summed E-state index contributed by atoms with van der Waals surface area (Å²) < 4.78 is 0. The molecule has 0 aliphatic rings. The van der Waals surface area contributed by atoms with E-state index in [0.717, 1.165) is 5.56 Å². The van der Waals surface area contributed by atoms with Crippen molar-refractivity contribution >= 4 is 0 Å². The molecule has 0 aliphatic heterocycles. The van der Waals surface area contributed by atoms with Gasteiger partial charge in [-0.1, -0.05) is 60.7 Å². The van der Waals surface area contributed by atoms with Crippen molar-refractivity contribution < 1.29 is 5.11 Å². The Kier molecular flexibility index (Phi) is 4.51. The van der Waals surface area contributed by atoms with Crippen LogP contribution in [0.25, 0.3) is 0 Å². The predicted octanol–water partition coefficient (Wildman–Crippen LogP) is 3.07. The smallest absolute Gasteiger partial charge is 0.0914 e. The molecule has 0 heterocycles. The number of rotatable bonds is 5. The Balaban J connectivity index is 1.89. The van der Waals surface area contributed by atoms with Crippen LogP contribution in [0.2, 0.25) is 0 Å². The molecular formula is C16H19NO. The average Bonchev–Trinajstić information content (AvgIpc) is 2.46. The number of hydrogen-bond acceptors (Lipinski definition) is 2. The third-order valence-electron chi connectivity index (χ3n) is 3.10. The fourth-order valence-corrected chi connectivity index (χ4v) is 1.94. The molecule has 2 rings (SSSR count). The SMILES string of the molecule is C[C@@H](NCC(O)c1ccccc1)c1ccccc1. The van der Waals surface area contributed by atoms with Crippen LogP contribution in [0, 0.1) is 0 Å². The number of hydrogen-bond donors (Lipinski definition) is 2. The van der Waals surface area contributed by atoms with Gasteiger partial charge in [-0.05, 0) is 18.1 Å². The second kappa shape index (κ2) is 6.34. The van der Waals surface area contributed by atoms with Crippen LogP contribution in [0.3, 0.4) is 0 Å². The maximum Gasteiger partial charge on any atom is 0.0914 e. The molecule has 2 N–H and O–H groups in total. The Morgan fingerprint density at radius 3 is 1.94 bits per heavy atom. The molecule has 0 saturated carbocycles. The van der Waals surface area contributed by atoms with Crippen molar-refractivity contribution in [3.63, 3.8) is 0 Å². The minimum Gasteiger partial charge on any atom is -0.387 e. The van der Waals surface area contributed by atoms with Crippen LogP contribution in [-0.2, 0) is 0 Å². The van der Waals surface area contributed by atoms with Crippen molar-refractivity contribution in [1.82, 2.24) is 5.32 Å². The van der Waals surface area contributed by atoms with Crippen LogP contribution < -0.4 is 5.32 Å². The lowest BCUT2D eigenvalue weighted by atomic mass is 10.1. The van der Waals surface area contributed by atoms with E-state index < -0.39 is 6.10 Å². The molecule has 0 fully saturated rings. The van der Waals surface area contributed by atoms with E-state index in [2.05, 4.69) is 24.4 Å². The fourth-order valence-electron chi connectivity index (χ4n) is 1.94. The van der Waals surface area contributed by atoms with Crippen molar-refractivity contribution in [2.24, 2.45) is 0 Å². The maximum atomic E-state index is 10.1. The summed E-state index contributed by atoms with van der Waals surface area (Å²) in [7, 11) is 0. The zero-order chi connectivity index (χ0) is 12.8. The zero-order valence-corrected chi connectivity index (χ0v) is 10.6. The quantitative estimate of drug-likeness (QED) is 0.843. The molecule has 0 radical (unpaired) electrons. The second-order valence-electron chi connectivity index (χ2n) is 4.47. The molecule has 0 aromatic heterocycles. The first kappa shape index (κ1) is 12.8. The van der Waals surface area contributed by atoms with Gasteiger partial charge in [0.1, 0.15) is 0 Å². The highest BCUT2D eigenvalue weighted by Gasteiger charge is 2.09. The van der Waals surface area contributed by atoms with Crippen LogP contribution in [0.1, 0.15) is 30.2 Å². The van der Waals surface area contributed by atoms with Crippen LogP contribution in [0.5, 0.6) is 0 Å². The van der Waals surface area contributed by atoms with E-state index in [9.17, 15) is 5.11 Å². The molecule has 0 aliphatic carbocycles. The molecule has 2 aromatic carbocycles. The van der Waals surface area contributed by atoms with Crippen molar-refractivity contribution in [1.29, 1.82) is 0 Å². The molecule has 1 unspecified atom stereocenters. The summed E-state index contributed by atoms with van der Waals surface area (Å²) in [4.78, 5) is 0. The van der Waals surface area contributed by atoms with E-state index in [1.54, 1.807) is 0 Å². The van der Waals surface area contributed by atoms with Crippen molar-refractivity contribution in [2.75, 3.05) is 6.54 Å². The summed E-state index contributed by atoms with van der Waals surface area (Å²) >= 11 is 0. The van der Waals surface area contributed by atoms with Gasteiger partial charge >= 0.3 is 0 Å². The van der Waals surface area contributed by atoms with Crippen LogP contribution in [0.15, 0.2) is 60.7 Å². The molecule has 2 nitrogen and oxygen atoms in total. The molecular weight excluding hydrogens is 222 g/mol. The topological polar surface area (TPSA) is 32.3 Å². The summed E-state index contributed by atoms with van der Waals surface area (Å²) in [5, 5.41) is 13.4. The van der Waals surface area contributed by atoms with Crippen molar-refractivity contribution in [3.05, 3.63) is 71.8 Å². The first-order valence-corrected chi connectivity index (χ1v) is 6.28. The van der Waals surface area contributed by atoms with E-state index in [-0.39, 0.29) is 6.04 Å². The molecule has 0 amide bonds. The van der Waals surface area contributed by atoms with Gasteiger partial charge in [0.05, 0.1) is 6.10 Å². The highest BCUT2D eigenvalue weighted by Crippen LogP contribution is 2.15. The first-order chi connectivity index (χ1) is 8.77. The molecule has 2 atom stereocenters. The minimum absolute atomic E-state index is 0.240. The summed E-state index contributed by atoms with van der Waals surface area (Å²) in [6, 6.07) is 20.2. The summed E-state index contributed by atoms with van der Waals surface area (Å²) in [6.45, 7) is 2.66. The Labute approximate surface area is 108 Å². The summed E-state index contributed by atoms with van der Waals surface area (Å²) in [5.74, 6) is 0. The van der Waals surface area contributed by atoms with E-state index in [1.807, 2.05) is 48.5 Å². The molecule has 2 heteroatoms. The van der Waals surface area contributed by atoms with Gasteiger partial charge in [-0.3, -0.25) is 0 Å². The van der Waals surface area contributed by atoms with Crippen LogP contribution in [0.4, 0.5) is 0 Å². The third-order valence-corrected chi connectivity index (χ3v) is 3.10. The van der Waals surface area contributed by atoms with E-state index in [4.69, 9.17) is 0 Å². The van der Waals surface area contributed by atoms with Gasteiger partial charge in [0.15, 0.2) is 0 Å². The van der Waals surface area contributed by atoms with Gasteiger partial charge in [0.25, 0.3) is 0 Å². The molecule has 0 saturated heterocycles. The van der Waals surface area contributed by atoms with E-state index in [0.29, 0.717) is 6.54 Å². The molecule has 0 bridgehead atoms. The van der Waals surface area contributed by atoms with E-state index >= 15 is 0 Å². The van der Waals surface area contributed by atoms with Gasteiger partial charge in [-0.25, -0.2) is 0 Å². The lowest BCUT2D eigenvalue weighted by Crippen LogP contribution is -2.24. The highest BCUT2D eigenvalue weighted by atomic mass is 16.3. The molecule has 94 valence electrons. The van der Waals surface area contributed by atoms with Gasteiger partial charge < -0.3 is 10.4 Å².